The Morgan fingerprint density at radius 2 is 1.74 bits per heavy atom. The molecule has 19 heavy (non-hydrogen) atoms. The lowest BCUT2D eigenvalue weighted by Gasteiger charge is -2.28. The van der Waals surface area contributed by atoms with Crippen LogP contribution >= 0.6 is 0 Å². The van der Waals surface area contributed by atoms with E-state index in [-0.39, 0.29) is 11.9 Å². The number of benzene rings is 1. The van der Waals surface area contributed by atoms with Crippen LogP contribution in [0.5, 0.6) is 0 Å². The molecule has 0 aliphatic carbocycles. The summed E-state index contributed by atoms with van der Waals surface area (Å²) < 4.78 is 14.0. The molecular weight excluding hydrogens is 239 g/mol. The number of rotatable bonds is 8. The molecule has 2 nitrogen and oxygen atoms in total. The van der Waals surface area contributed by atoms with Crippen LogP contribution in [0, 0.1) is 5.82 Å². The number of hydrogen-bond donors (Lipinski definition) is 1. The van der Waals surface area contributed by atoms with E-state index in [2.05, 4.69) is 18.7 Å². The summed E-state index contributed by atoms with van der Waals surface area (Å²) in [6, 6.07) is 5.00. The molecular formula is C16H27FN2. The second-order valence-corrected chi connectivity index (χ2v) is 5.16. The van der Waals surface area contributed by atoms with Crippen molar-refractivity contribution in [3.8, 4) is 0 Å². The van der Waals surface area contributed by atoms with E-state index in [0.717, 1.165) is 44.5 Å². The predicted molar refractivity (Wildman–Crippen MR) is 81.0 cm³/mol. The monoisotopic (exact) mass is 266 g/mol. The number of nitrogens with two attached hydrogens (primary N) is 1. The van der Waals surface area contributed by atoms with Crippen molar-refractivity contribution in [3.05, 3.63) is 29.6 Å². The van der Waals surface area contributed by atoms with Crippen molar-refractivity contribution in [1.82, 2.24) is 0 Å². The van der Waals surface area contributed by atoms with Gasteiger partial charge in [0.2, 0.25) is 0 Å². The lowest BCUT2D eigenvalue weighted by Crippen LogP contribution is -2.28. The van der Waals surface area contributed by atoms with E-state index in [0.29, 0.717) is 5.56 Å². The van der Waals surface area contributed by atoms with Crippen molar-refractivity contribution < 1.29 is 4.39 Å². The van der Waals surface area contributed by atoms with Gasteiger partial charge in [0.15, 0.2) is 0 Å². The van der Waals surface area contributed by atoms with E-state index in [4.69, 9.17) is 5.73 Å². The Balaban J connectivity index is 3.02. The van der Waals surface area contributed by atoms with Gasteiger partial charge >= 0.3 is 0 Å². The van der Waals surface area contributed by atoms with Crippen LogP contribution in [0.15, 0.2) is 18.2 Å². The summed E-state index contributed by atoms with van der Waals surface area (Å²) in [5, 5.41) is 0. The fraction of sp³-hybridized carbons (Fsp3) is 0.625. The number of hydrogen-bond acceptors (Lipinski definition) is 2. The lowest BCUT2D eigenvalue weighted by atomic mass is 10.0. The van der Waals surface area contributed by atoms with Crippen molar-refractivity contribution >= 4 is 5.69 Å². The maximum atomic E-state index is 14.0. The number of unbranched alkanes of at least 4 members (excludes halogenated alkanes) is 2. The van der Waals surface area contributed by atoms with Gasteiger partial charge in [-0.1, -0.05) is 32.8 Å². The zero-order valence-corrected chi connectivity index (χ0v) is 12.5. The highest BCUT2D eigenvalue weighted by Crippen LogP contribution is 2.28. The van der Waals surface area contributed by atoms with Crippen LogP contribution in [-0.4, -0.2) is 13.1 Å². The van der Waals surface area contributed by atoms with Gasteiger partial charge in [-0.3, -0.25) is 0 Å². The zero-order valence-electron chi connectivity index (χ0n) is 12.5. The van der Waals surface area contributed by atoms with Crippen molar-refractivity contribution in [3.63, 3.8) is 0 Å². The normalized spacial score (nSPS) is 12.5. The van der Waals surface area contributed by atoms with Gasteiger partial charge in [-0.15, -0.1) is 0 Å². The summed E-state index contributed by atoms with van der Waals surface area (Å²) in [6.07, 6.45) is 4.54. The molecule has 0 fully saturated rings. The summed E-state index contributed by atoms with van der Waals surface area (Å²) in [5.41, 5.74) is 7.56. The molecule has 108 valence electrons. The molecule has 0 heterocycles. The van der Waals surface area contributed by atoms with Gasteiger partial charge in [-0.2, -0.15) is 0 Å². The fourth-order valence-corrected chi connectivity index (χ4v) is 2.30. The molecule has 0 spiro atoms. The van der Waals surface area contributed by atoms with E-state index in [1.807, 2.05) is 13.0 Å². The molecule has 0 saturated carbocycles. The summed E-state index contributed by atoms with van der Waals surface area (Å²) >= 11 is 0. The van der Waals surface area contributed by atoms with Gasteiger partial charge in [0.25, 0.3) is 0 Å². The molecule has 0 aliphatic rings. The Bertz CT molecular complexity index is 369. The van der Waals surface area contributed by atoms with E-state index in [9.17, 15) is 4.39 Å². The van der Waals surface area contributed by atoms with Gasteiger partial charge < -0.3 is 10.6 Å². The Kier molecular flexibility index (Phi) is 6.85. The van der Waals surface area contributed by atoms with Crippen LogP contribution < -0.4 is 10.6 Å². The average Bonchev–Trinajstić information content (AvgIpc) is 2.38. The summed E-state index contributed by atoms with van der Waals surface area (Å²) in [6.45, 7) is 8.14. The molecule has 0 aliphatic heterocycles. The summed E-state index contributed by atoms with van der Waals surface area (Å²) in [7, 11) is 0. The Morgan fingerprint density at radius 1 is 1.16 bits per heavy atom. The highest BCUT2D eigenvalue weighted by atomic mass is 19.1. The Labute approximate surface area is 116 Å². The fourth-order valence-electron chi connectivity index (χ4n) is 2.30. The number of halogens is 1. The average molecular weight is 266 g/mol. The first-order chi connectivity index (χ1) is 9.11. The smallest absolute Gasteiger partial charge is 0.130 e. The van der Waals surface area contributed by atoms with Gasteiger partial charge in [0, 0.05) is 30.4 Å². The standard InChI is InChI=1S/C16H27FN2/c1-4-6-11-19(12-7-5-2)15-10-8-9-14(17)16(15)13(3)18/h8-10,13H,4-7,11-12,18H2,1-3H3/t13-/m0/s1. The molecule has 0 amide bonds. The molecule has 1 aromatic rings. The Hall–Kier alpha value is -1.09. The first-order valence-corrected chi connectivity index (χ1v) is 7.40. The van der Waals surface area contributed by atoms with Gasteiger partial charge in [0.1, 0.15) is 5.82 Å². The summed E-state index contributed by atoms with van der Waals surface area (Å²) in [5.74, 6) is -0.189. The van der Waals surface area contributed by atoms with Crippen LogP contribution in [-0.2, 0) is 0 Å². The molecule has 0 radical (unpaired) electrons. The van der Waals surface area contributed by atoms with E-state index in [1.165, 1.54) is 6.07 Å². The Morgan fingerprint density at radius 3 is 2.21 bits per heavy atom. The molecule has 0 bridgehead atoms. The molecule has 0 saturated heterocycles. The SMILES string of the molecule is CCCCN(CCCC)c1cccc(F)c1[C@H](C)N. The summed E-state index contributed by atoms with van der Waals surface area (Å²) in [4.78, 5) is 2.29. The second kappa shape index (κ2) is 8.16. The molecule has 1 rings (SSSR count). The van der Waals surface area contributed by atoms with Crippen LogP contribution in [0.2, 0.25) is 0 Å². The van der Waals surface area contributed by atoms with Crippen molar-refractivity contribution in [2.24, 2.45) is 5.73 Å². The first-order valence-electron chi connectivity index (χ1n) is 7.40. The largest absolute Gasteiger partial charge is 0.371 e. The molecule has 2 N–H and O–H groups in total. The molecule has 0 unspecified atom stereocenters. The van der Waals surface area contributed by atoms with Gasteiger partial charge in [-0.05, 0) is 31.9 Å². The third-order valence-corrected chi connectivity index (χ3v) is 3.39. The molecule has 3 heteroatoms. The topological polar surface area (TPSA) is 29.3 Å². The maximum absolute atomic E-state index is 14.0. The van der Waals surface area contributed by atoms with E-state index < -0.39 is 0 Å². The highest BCUT2D eigenvalue weighted by molar-refractivity contribution is 5.55. The van der Waals surface area contributed by atoms with Crippen LogP contribution in [0.4, 0.5) is 10.1 Å². The number of nitrogens with zero attached hydrogens (tertiary/aromatic N) is 1. The first kappa shape index (κ1) is 16.0. The minimum atomic E-state index is -0.276. The second-order valence-electron chi connectivity index (χ2n) is 5.16. The van der Waals surface area contributed by atoms with Crippen molar-refractivity contribution in [2.75, 3.05) is 18.0 Å². The maximum Gasteiger partial charge on any atom is 0.130 e. The van der Waals surface area contributed by atoms with Crippen LogP contribution in [0.1, 0.15) is 58.1 Å². The quantitative estimate of drug-likeness (QED) is 0.762. The van der Waals surface area contributed by atoms with Crippen LogP contribution in [0.25, 0.3) is 0 Å². The van der Waals surface area contributed by atoms with E-state index in [1.54, 1.807) is 6.07 Å². The zero-order chi connectivity index (χ0) is 14.3. The minimum absolute atomic E-state index is 0.189. The highest BCUT2D eigenvalue weighted by Gasteiger charge is 2.16. The minimum Gasteiger partial charge on any atom is -0.371 e. The molecule has 1 aromatic carbocycles. The van der Waals surface area contributed by atoms with Crippen LogP contribution in [0.3, 0.4) is 0 Å². The lowest BCUT2D eigenvalue weighted by molar-refractivity contribution is 0.588. The predicted octanol–water partition coefficient (Wildman–Crippen LogP) is 4.25. The third kappa shape index (κ3) is 4.50. The van der Waals surface area contributed by atoms with Gasteiger partial charge in [-0.25, -0.2) is 4.39 Å². The number of anilines is 1. The third-order valence-electron chi connectivity index (χ3n) is 3.39. The molecule has 0 aromatic heterocycles. The van der Waals surface area contributed by atoms with E-state index >= 15 is 0 Å². The van der Waals surface area contributed by atoms with Crippen molar-refractivity contribution in [1.29, 1.82) is 0 Å². The molecule has 1 atom stereocenters. The van der Waals surface area contributed by atoms with Gasteiger partial charge in [0.05, 0.1) is 0 Å². The van der Waals surface area contributed by atoms with Crippen molar-refractivity contribution in [2.45, 2.75) is 52.5 Å².